The minimum absolute atomic E-state index is 0.239. The van der Waals surface area contributed by atoms with E-state index in [1.54, 1.807) is 36.4 Å². The average molecular weight is 491 g/mol. The second kappa shape index (κ2) is 10.9. The molecule has 184 valence electrons. The Morgan fingerprint density at radius 3 is 2.39 bits per heavy atom. The molecule has 1 N–H and O–H groups in total. The number of ether oxygens (including phenoxy) is 1. The van der Waals surface area contributed by atoms with Gasteiger partial charge in [0.2, 0.25) is 5.91 Å². The van der Waals surface area contributed by atoms with E-state index in [4.69, 9.17) is 4.74 Å². The third kappa shape index (κ3) is 5.46. The number of nitrogens with zero attached hydrogens (tertiary/aromatic N) is 2. The Bertz CT molecular complexity index is 1480. The van der Waals surface area contributed by atoms with E-state index in [1.807, 2.05) is 6.92 Å². The van der Waals surface area contributed by atoms with Gasteiger partial charge in [-0.05, 0) is 55.0 Å². The van der Waals surface area contributed by atoms with Gasteiger partial charge < -0.3 is 10.1 Å². The summed E-state index contributed by atoms with van der Waals surface area (Å²) >= 11 is 0. The Kier molecular flexibility index (Phi) is 7.48. The van der Waals surface area contributed by atoms with Crippen LogP contribution in [0.4, 0.5) is 14.5 Å². The van der Waals surface area contributed by atoms with E-state index in [0.29, 0.717) is 23.2 Å². The highest BCUT2D eigenvalue weighted by molar-refractivity contribution is 5.95. The van der Waals surface area contributed by atoms with Crippen LogP contribution in [0.3, 0.4) is 0 Å². The number of unbranched alkanes of at least 4 members (excludes halogenated alkanes) is 1. The lowest BCUT2D eigenvalue weighted by Gasteiger charge is -2.12. The van der Waals surface area contributed by atoms with Crippen LogP contribution in [0.15, 0.2) is 71.5 Å². The molecule has 9 heteroatoms. The number of halogens is 2. The van der Waals surface area contributed by atoms with Crippen LogP contribution in [0.5, 0.6) is 0 Å². The Hall–Kier alpha value is -4.40. The summed E-state index contributed by atoms with van der Waals surface area (Å²) in [5.41, 5.74) is 0.772. The molecule has 0 saturated carbocycles. The second-order valence-corrected chi connectivity index (χ2v) is 8.10. The van der Waals surface area contributed by atoms with Gasteiger partial charge in [-0.3, -0.25) is 9.59 Å². The molecular weight excluding hydrogens is 468 g/mol. The van der Waals surface area contributed by atoms with Crippen molar-refractivity contribution >= 4 is 28.3 Å². The molecule has 0 spiro atoms. The number of hydrogen-bond donors (Lipinski definition) is 1. The summed E-state index contributed by atoms with van der Waals surface area (Å²) in [5, 5.41) is 7.68. The highest BCUT2D eigenvalue weighted by Gasteiger charge is 2.16. The number of benzene rings is 3. The Morgan fingerprint density at radius 2 is 1.69 bits per heavy atom. The van der Waals surface area contributed by atoms with Crippen molar-refractivity contribution in [1.82, 2.24) is 9.78 Å². The largest absolute Gasteiger partial charge is 0.462 e. The number of anilines is 1. The van der Waals surface area contributed by atoms with Crippen LogP contribution in [0.25, 0.3) is 22.0 Å². The summed E-state index contributed by atoms with van der Waals surface area (Å²) in [5.74, 6) is -3.03. The minimum atomic E-state index is -1.05. The van der Waals surface area contributed by atoms with Crippen molar-refractivity contribution in [2.45, 2.75) is 26.3 Å². The van der Waals surface area contributed by atoms with Crippen molar-refractivity contribution in [3.63, 3.8) is 0 Å². The minimum Gasteiger partial charge on any atom is -0.462 e. The number of aromatic nitrogens is 2. The van der Waals surface area contributed by atoms with Gasteiger partial charge in [0.15, 0.2) is 11.6 Å². The number of nitrogens with one attached hydrogen (secondary N) is 1. The van der Waals surface area contributed by atoms with Crippen molar-refractivity contribution in [3.8, 4) is 11.3 Å². The molecule has 7 nitrogen and oxygen atoms in total. The molecule has 0 bridgehead atoms. The van der Waals surface area contributed by atoms with Crippen LogP contribution in [-0.2, 0) is 16.1 Å². The molecule has 4 rings (SSSR count). The summed E-state index contributed by atoms with van der Waals surface area (Å²) in [6.07, 6.45) is 1.69. The molecule has 0 aliphatic carbocycles. The summed E-state index contributed by atoms with van der Waals surface area (Å²) < 4.78 is 33.5. The predicted molar refractivity (Wildman–Crippen MR) is 132 cm³/mol. The molecule has 0 fully saturated rings. The smallest absolute Gasteiger partial charge is 0.338 e. The maximum Gasteiger partial charge on any atom is 0.338 e. The Morgan fingerprint density at radius 1 is 0.972 bits per heavy atom. The molecular formula is C27H23F2N3O4. The average Bonchev–Trinajstić information content (AvgIpc) is 2.88. The first-order valence-corrected chi connectivity index (χ1v) is 11.4. The Balaban J connectivity index is 1.56. The van der Waals surface area contributed by atoms with Gasteiger partial charge in [0.1, 0.15) is 6.54 Å². The van der Waals surface area contributed by atoms with E-state index in [9.17, 15) is 23.2 Å². The highest BCUT2D eigenvalue weighted by Crippen LogP contribution is 2.26. The molecule has 3 aromatic carbocycles. The van der Waals surface area contributed by atoms with Crippen LogP contribution < -0.4 is 10.9 Å². The standard InChI is InChI=1S/C27H23F2N3O4/c1-2-3-14-36-27(35)17-8-11-19(12-9-17)30-24(33)16-32-26(34)21-7-5-4-6-20(21)25(31-32)18-10-13-22(28)23(29)15-18/h4-13,15H,2-3,14,16H2,1H3,(H,30,33). The molecule has 36 heavy (non-hydrogen) atoms. The zero-order valence-corrected chi connectivity index (χ0v) is 19.5. The van der Waals surface area contributed by atoms with Crippen LogP contribution in [0.2, 0.25) is 0 Å². The van der Waals surface area contributed by atoms with E-state index in [1.165, 1.54) is 18.2 Å². The number of carbonyl (C=O) groups is 2. The monoisotopic (exact) mass is 491 g/mol. The van der Waals surface area contributed by atoms with Crippen molar-refractivity contribution in [2.75, 3.05) is 11.9 Å². The number of esters is 1. The van der Waals surface area contributed by atoms with E-state index < -0.39 is 35.6 Å². The number of fused-ring (bicyclic) bond motifs is 1. The van der Waals surface area contributed by atoms with Gasteiger partial charge in [-0.25, -0.2) is 18.3 Å². The predicted octanol–water partition coefficient (Wildman–Crippen LogP) is 4.94. The maximum absolute atomic E-state index is 13.9. The quantitative estimate of drug-likeness (QED) is 0.279. The lowest BCUT2D eigenvalue weighted by molar-refractivity contribution is -0.117. The molecule has 1 aromatic heterocycles. The molecule has 0 unspecified atom stereocenters. The van der Waals surface area contributed by atoms with Gasteiger partial charge in [-0.1, -0.05) is 31.5 Å². The fourth-order valence-electron chi connectivity index (χ4n) is 3.62. The van der Waals surface area contributed by atoms with E-state index in [0.717, 1.165) is 29.7 Å². The Labute approximate surface area is 205 Å². The normalized spacial score (nSPS) is 10.9. The zero-order chi connectivity index (χ0) is 25.7. The van der Waals surface area contributed by atoms with Crippen molar-refractivity contribution in [2.24, 2.45) is 0 Å². The van der Waals surface area contributed by atoms with Gasteiger partial charge in [-0.15, -0.1) is 0 Å². The fraction of sp³-hybridized carbons (Fsp3) is 0.185. The topological polar surface area (TPSA) is 90.3 Å². The van der Waals surface area contributed by atoms with Gasteiger partial charge >= 0.3 is 5.97 Å². The van der Waals surface area contributed by atoms with Crippen LogP contribution in [-0.4, -0.2) is 28.3 Å². The molecule has 0 radical (unpaired) electrons. The van der Waals surface area contributed by atoms with Crippen molar-refractivity contribution < 1.29 is 23.1 Å². The fourth-order valence-corrected chi connectivity index (χ4v) is 3.62. The number of hydrogen-bond acceptors (Lipinski definition) is 5. The summed E-state index contributed by atoms with van der Waals surface area (Å²) in [4.78, 5) is 37.7. The number of carbonyl (C=O) groups excluding carboxylic acids is 2. The third-order valence-electron chi connectivity index (χ3n) is 5.49. The molecule has 1 amide bonds. The third-order valence-corrected chi connectivity index (χ3v) is 5.49. The molecule has 1 heterocycles. The lowest BCUT2D eigenvalue weighted by Crippen LogP contribution is -2.30. The van der Waals surface area contributed by atoms with Gasteiger partial charge in [0.05, 0.1) is 23.3 Å². The molecule has 0 aliphatic heterocycles. The van der Waals surface area contributed by atoms with Crippen LogP contribution >= 0.6 is 0 Å². The maximum atomic E-state index is 13.9. The van der Waals surface area contributed by atoms with Crippen LogP contribution in [0, 0.1) is 11.6 Å². The zero-order valence-electron chi connectivity index (χ0n) is 19.5. The summed E-state index contributed by atoms with van der Waals surface area (Å²) in [6, 6.07) is 16.1. The highest BCUT2D eigenvalue weighted by atomic mass is 19.2. The first-order chi connectivity index (χ1) is 17.4. The van der Waals surface area contributed by atoms with Gasteiger partial charge in [0, 0.05) is 16.6 Å². The summed E-state index contributed by atoms with van der Waals surface area (Å²) in [6.45, 7) is 1.92. The molecule has 0 atom stereocenters. The van der Waals surface area contributed by atoms with E-state index >= 15 is 0 Å². The van der Waals surface area contributed by atoms with Crippen molar-refractivity contribution in [3.05, 3.63) is 94.3 Å². The molecule has 0 aliphatic rings. The summed E-state index contributed by atoms with van der Waals surface area (Å²) in [7, 11) is 0. The van der Waals surface area contributed by atoms with Crippen molar-refractivity contribution in [1.29, 1.82) is 0 Å². The van der Waals surface area contributed by atoms with E-state index in [2.05, 4.69) is 10.4 Å². The lowest BCUT2D eigenvalue weighted by atomic mass is 10.0. The molecule has 0 saturated heterocycles. The first-order valence-electron chi connectivity index (χ1n) is 11.4. The number of amides is 1. The van der Waals surface area contributed by atoms with Gasteiger partial charge in [0.25, 0.3) is 5.56 Å². The SMILES string of the molecule is CCCCOC(=O)c1ccc(NC(=O)Cn2nc(-c3ccc(F)c(F)c3)c3ccccc3c2=O)cc1. The second-order valence-electron chi connectivity index (χ2n) is 8.10. The first kappa shape index (κ1) is 24.7. The van der Waals surface area contributed by atoms with Crippen LogP contribution in [0.1, 0.15) is 30.1 Å². The van der Waals surface area contributed by atoms with Gasteiger partial charge in [-0.2, -0.15) is 5.10 Å². The molecule has 4 aromatic rings. The number of rotatable bonds is 8. The van der Waals surface area contributed by atoms with E-state index in [-0.39, 0.29) is 16.6 Å².